The number of aromatic nitrogens is 4. The van der Waals surface area contributed by atoms with Crippen molar-refractivity contribution in [3.05, 3.63) is 64.9 Å². The van der Waals surface area contributed by atoms with E-state index in [2.05, 4.69) is 20.3 Å². The van der Waals surface area contributed by atoms with Gasteiger partial charge in [0, 0.05) is 23.2 Å². The van der Waals surface area contributed by atoms with Crippen molar-refractivity contribution >= 4 is 40.1 Å². The first kappa shape index (κ1) is 20.0. The van der Waals surface area contributed by atoms with Gasteiger partial charge in [-0.2, -0.15) is 23.1 Å². The standard InChI is InChI=1S/C20H16ClF3N6/c1-2-17-27-14-8-5-12(21)9-15(14)30(17)18-10-16(25)28-19(29-18)26-13-6-3-11(4-7-13)20(22,23)24/h3-10H,2H2,1H3,(H3,25,26,28,29). The van der Waals surface area contributed by atoms with Crippen LogP contribution in [0.2, 0.25) is 5.02 Å². The lowest BCUT2D eigenvalue weighted by Crippen LogP contribution is -2.08. The first-order valence-corrected chi connectivity index (χ1v) is 9.38. The van der Waals surface area contributed by atoms with Gasteiger partial charge in [-0.25, -0.2) is 4.98 Å². The van der Waals surface area contributed by atoms with E-state index >= 15 is 0 Å². The molecule has 0 atom stereocenters. The number of nitrogens with one attached hydrogen (secondary N) is 1. The Morgan fingerprint density at radius 2 is 1.77 bits per heavy atom. The Morgan fingerprint density at radius 3 is 2.43 bits per heavy atom. The van der Waals surface area contributed by atoms with Crippen LogP contribution in [0, 0.1) is 0 Å². The molecule has 10 heteroatoms. The number of alkyl halides is 3. The van der Waals surface area contributed by atoms with Crippen LogP contribution in [0.3, 0.4) is 0 Å². The third-order valence-electron chi connectivity index (χ3n) is 4.43. The molecule has 0 fully saturated rings. The summed E-state index contributed by atoms with van der Waals surface area (Å²) in [4.78, 5) is 13.2. The maximum atomic E-state index is 12.8. The zero-order valence-electron chi connectivity index (χ0n) is 15.7. The average Bonchev–Trinajstić information content (AvgIpc) is 3.05. The minimum atomic E-state index is -4.40. The van der Waals surface area contributed by atoms with Crippen molar-refractivity contribution < 1.29 is 13.2 Å². The molecule has 4 aromatic rings. The van der Waals surface area contributed by atoms with Gasteiger partial charge in [0.1, 0.15) is 17.5 Å². The molecule has 3 N–H and O–H groups in total. The third kappa shape index (κ3) is 3.88. The number of benzene rings is 2. The van der Waals surface area contributed by atoms with Gasteiger partial charge in [0.25, 0.3) is 0 Å². The lowest BCUT2D eigenvalue weighted by Gasteiger charge is -2.12. The number of fused-ring (bicyclic) bond motifs is 1. The summed E-state index contributed by atoms with van der Waals surface area (Å²) in [6.45, 7) is 1.96. The maximum absolute atomic E-state index is 12.8. The molecule has 0 unspecified atom stereocenters. The van der Waals surface area contributed by atoms with Crippen LogP contribution in [0.25, 0.3) is 16.9 Å². The second-order valence-electron chi connectivity index (χ2n) is 6.52. The van der Waals surface area contributed by atoms with Crippen LogP contribution in [-0.2, 0) is 12.6 Å². The number of nitrogens with zero attached hydrogens (tertiary/aromatic N) is 4. The van der Waals surface area contributed by atoms with Crippen LogP contribution in [0.15, 0.2) is 48.5 Å². The van der Waals surface area contributed by atoms with Gasteiger partial charge in [0.15, 0.2) is 0 Å². The van der Waals surface area contributed by atoms with Gasteiger partial charge in [-0.15, -0.1) is 0 Å². The molecule has 0 aliphatic rings. The fourth-order valence-electron chi connectivity index (χ4n) is 3.09. The Morgan fingerprint density at radius 1 is 1.03 bits per heavy atom. The summed E-state index contributed by atoms with van der Waals surface area (Å²) < 4.78 is 40.1. The third-order valence-corrected chi connectivity index (χ3v) is 4.67. The molecule has 30 heavy (non-hydrogen) atoms. The van der Waals surface area contributed by atoms with E-state index in [0.717, 1.165) is 29.0 Å². The first-order chi connectivity index (χ1) is 14.2. The summed E-state index contributed by atoms with van der Waals surface area (Å²) in [7, 11) is 0. The molecule has 2 aromatic heterocycles. The number of hydrogen-bond acceptors (Lipinski definition) is 5. The van der Waals surface area contributed by atoms with E-state index in [1.54, 1.807) is 18.2 Å². The van der Waals surface area contributed by atoms with Crippen molar-refractivity contribution in [3.63, 3.8) is 0 Å². The van der Waals surface area contributed by atoms with Crippen molar-refractivity contribution in [2.24, 2.45) is 0 Å². The highest BCUT2D eigenvalue weighted by atomic mass is 35.5. The van der Waals surface area contributed by atoms with Crippen LogP contribution in [0.5, 0.6) is 0 Å². The normalized spacial score (nSPS) is 11.8. The van der Waals surface area contributed by atoms with E-state index in [9.17, 15) is 13.2 Å². The molecule has 2 aromatic carbocycles. The minimum absolute atomic E-state index is 0.149. The van der Waals surface area contributed by atoms with Gasteiger partial charge in [0.05, 0.1) is 16.6 Å². The van der Waals surface area contributed by atoms with Gasteiger partial charge < -0.3 is 11.1 Å². The van der Waals surface area contributed by atoms with Gasteiger partial charge in [-0.3, -0.25) is 4.57 Å². The summed E-state index contributed by atoms with van der Waals surface area (Å²) >= 11 is 6.15. The van der Waals surface area contributed by atoms with Crippen molar-refractivity contribution in [2.45, 2.75) is 19.5 Å². The number of halogens is 4. The second kappa shape index (κ2) is 7.49. The Labute approximate surface area is 174 Å². The van der Waals surface area contributed by atoms with Gasteiger partial charge in [-0.1, -0.05) is 18.5 Å². The van der Waals surface area contributed by atoms with E-state index in [1.165, 1.54) is 12.1 Å². The number of nitrogens with two attached hydrogens (primary N) is 1. The lowest BCUT2D eigenvalue weighted by atomic mass is 10.2. The summed E-state index contributed by atoms with van der Waals surface area (Å²) in [5, 5.41) is 3.45. The Hall–Kier alpha value is -3.33. The highest BCUT2D eigenvalue weighted by Gasteiger charge is 2.30. The average molecular weight is 433 g/mol. The van der Waals surface area contributed by atoms with Crippen LogP contribution >= 0.6 is 11.6 Å². The summed E-state index contributed by atoms with van der Waals surface area (Å²) in [5.74, 6) is 1.57. The van der Waals surface area contributed by atoms with Gasteiger partial charge >= 0.3 is 6.18 Å². The predicted molar refractivity (Wildman–Crippen MR) is 110 cm³/mol. The van der Waals surface area contributed by atoms with Crippen LogP contribution in [0.4, 0.5) is 30.6 Å². The zero-order valence-corrected chi connectivity index (χ0v) is 16.5. The molecule has 0 aliphatic heterocycles. The molecule has 0 amide bonds. The van der Waals surface area contributed by atoms with Crippen LogP contribution < -0.4 is 11.1 Å². The Kier molecular flexibility index (Phi) is 4.98. The van der Waals surface area contributed by atoms with E-state index < -0.39 is 11.7 Å². The molecule has 6 nitrogen and oxygen atoms in total. The SMILES string of the molecule is CCc1nc2ccc(Cl)cc2n1-c1cc(N)nc(Nc2ccc(C(F)(F)F)cc2)n1. The molecular weight excluding hydrogens is 417 g/mol. The van der Waals surface area contributed by atoms with E-state index in [4.69, 9.17) is 17.3 Å². The van der Waals surface area contributed by atoms with E-state index in [1.807, 2.05) is 17.6 Å². The quantitative estimate of drug-likeness (QED) is 0.452. The summed E-state index contributed by atoms with van der Waals surface area (Å²) in [6.07, 6.45) is -3.77. The molecule has 0 saturated carbocycles. The van der Waals surface area contributed by atoms with E-state index in [-0.39, 0.29) is 11.8 Å². The Balaban J connectivity index is 1.74. The molecule has 0 saturated heterocycles. The maximum Gasteiger partial charge on any atom is 0.416 e. The molecule has 0 aliphatic carbocycles. The molecule has 154 valence electrons. The fraction of sp³-hybridized carbons (Fsp3) is 0.150. The van der Waals surface area contributed by atoms with Crippen molar-refractivity contribution in [1.82, 2.24) is 19.5 Å². The number of imidazole rings is 1. The number of aryl methyl sites for hydroxylation is 1. The van der Waals surface area contributed by atoms with E-state index in [0.29, 0.717) is 22.9 Å². The first-order valence-electron chi connectivity index (χ1n) is 9.00. The molecule has 0 spiro atoms. The summed E-state index contributed by atoms with van der Waals surface area (Å²) in [6, 6.07) is 11.5. The number of hydrogen-bond donors (Lipinski definition) is 2. The lowest BCUT2D eigenvalue weighted by molar-refractivity contribution is -0.137. The summed E-state index contributed by atoms with van der Waals surface area (Å²) in [5.41, 5.74) is 7.14. The number of rotatable bonds is 4. The largest absolute Gasteiger partial charge is 0.416 e. The van der Waals surface area contributed by atoms with Crippen molar-refractivity contribution in [1.29, 1.82) is 0 Å². The highest BCUT2D eigenvalue weighted by molar-refractivity contribution is 6.31. The molecule has 4 rings (SSSR count). The molecule has 2 heterocycles. The monoisotopic (exact) mass is 432 g/mol. The van der Waals surface area contributed by atoms with Crippen LogP contribution in [0.1, 0.15) is 18.3 Å². The molecule has 0 bridgehead atoms. The highest BCUT2D eigenvalue weighted by Crippen LogP contribution is 2.30. The van der Waals surface area contributed by atoms with Crippen molar-refractivity contribution in [3.8, 4) is 5.82 Å². The zero-order chi connectivity index (χ0) is 21.5. The number of nitrogen functional groups attached to an aromatic ring is 1. The molecular formula is C20H16ClF3N6. The number of anilines is 3. The smallest absolute Gasteiger partial charge is 0.383 e. The predicted octanol–water partition coefficient (Wildman–Crippen LogP) is 5.38. The van der Waals surface area contributed by atoms with Gasteiger partial charge in [0.2, 0.25) is 5.95 Å². The topological polar surface area (TPSA) is 81.7 Å². The second-order valence-corrected chi connectivity index (χ2v) is 6.96. The molecule has 0 radical (unpaired) electrons. The van der Waals surface area contributed by atoms with Crippen LogP contribution in [-0.4, -0.2) is 19.5 Å². The van der Waals surface area contributed by atoms with Gasteiger partial charge in [-0.05, 0) is 42.5 Å². The fourth-order valence-corrected chi connectivity index (χ4v) is 3.25. The Bertz CT molecular complexity index is 1220. The minimum Gasteiger partial charge on any atom is -0.383 e. The van der Waals surface area contributed by atoms with Crippen molar-refractivity contribution in [2.75, 3.05) is 11.1 Å².